The van der Waals surface area contributed by atoms with E-state index in [-0.39, 0.29) is 11.5 Å². The Kier molecular flexibility index (Phi) is 6.04. The largest absolute Gasteiger partial charge is 0.478 e. The number of benzene rings is 2. The number of hydrogen-bond donors (Lipinski definition) is 1. The maximum atomic E-state index is 13.1. The molecule has 5 heteroatoms. The zero-order valence-electron chi connectivity index (χ0n) is 16.2. The molecule has 1 amide bonds. The van der Waals surface area contributed by atoms with Crippen LogP contribution in [-0.2, 0) is 0 Å². The lowest BCUT2D eigenvalue weighted by atomic mass is 9.97. The predicted molar refractivity (Wildman–Crippen MR) is 111 cm³/mol. The minimum Gasteiger partial charge on any atom is -0.478 e. The second kappa shape index (κ2) is 8.65. The highest BCUT2D eigenvalue weighted by Crippen LogP contribution is 2.29. The van der Waals surface area contributed by atoms with Gasteiger partial charge in [0.2, 0.25) is 0 Å². The van der Waals surface area contributed by atoms with Crippen LogP contribution in [0.2, 0.25) is 0 Å². The number of para-hydroxylation sites is 1. The number of fused-ring (bicyclic) bond motifs is 1. The van der Waals surface area contributed by atoms with Crippen molar-refractivity contribution < 1.29 is 14.7 Å². The molecular formula is C23H24N2O3. The third-order valence-corrected chi connectivity index (χ3v) is 4.64. The second-order valence-electron chi connectivity index (χ2n) is 6.78. The second-order valence-corrected chi connectivity index (χ2v) is 6.78. The topological polar surface area (TPSA) is 70.5 Å². The minimum atomic E-state index is -1.05. The monoisotopic (exact) mass is 376 g/mol. The number of nitrogens with zero attached hydrogens (tertiary/aromatic N) is 2. The number of hydrogen-bond acceptors (Lipinski definition) is 3. The van der Waals surface area contributed by atoms with Gasteiger partial charge in [-0.15, -0.1) is 0 Å². The molecule has 2 aromatic carbocycles. The summed E-state index contributed by atoms with van der Waals surface area (Å²) in [6.07, 6.45) is 3.41. The van der Waals surface area contributed by atoms with E-state index in [9.17, 15) is 14.7 Å². The summed E-state index contributed by atoms with van der Waals surface area (Å²) in [4.78, 5) is 31.0. The van der Waals surface area contributed by atoms with E-state index in [0.717, 1.165) is 29.3 Å². The van der Waals surface area contributed by atoms with Crippen molar-refractivity contribution in [1.82, 2.24) is 9.88 Å². The summed E-state index contributed by atoms with van der Waals surface area (Å²) in [6.45, 7) is 5.35. The Labute approximate surface area is 164 Å². The Morgan fingerprint density at radius 3 is 2.32 bits per heavy atom. The van der Waals surface area contributed by atoms with Crippen LogP contribution in [0.1, 0.15) is 47.4 Å². The van der Waals surface area contributed by atoms with Gasteiger partial charge in [0.15, 0.2) is 0 Å². The molecule has 0 saturated heterocycles. The molecule has 1 N–H and O–H groups in total. The average molecular weight is 376 g/mol. The lowest BCUT2D eigenvalue weighted by Gasteiger charge is -2.22. The molecule has 0 spiro atoms. The van der Waals surface area contributed by atoms with E-state index in [1.807, 2.05) is 44.2 Å². The zero-order chi connectivity index (χ0) is 20.1. The number of pyridine rings is 1. The van der Waals surface area contributed by atoms with E-state index in [1.54, 1.807) is 23.2 Å². The first-order valence-corrected chi connectivity index (χ1v) is 9.57. The molecule has 3 aromatic rings. The van der Waals surface area contributed by atoms with Crippen molar-refractivity contribution in [3.63, 3.8) is 0 Å². The van der Waals surface area contributed by atoms with Gasteiger partial charge in [-0.2, -0.15) is 0 Å². The lowest BCUT2D eigenvalue weighted by molar-refractivity contribution is 0.0697. The van der Waals surface area contributed by atoms with Crippen molar-refractivity contribution >= 4 is 22.8 Å². The Balaban J connectivity index is 2.15. The van der Waals surface area contributed by atoms with E-state index >= 15 is 0 Å². The summed E-state index contributed by atoms with van der Waals surface area (Å²) in [5.41, 5.74) is 2.77. The summed E-state index contributed by atoms with van der Waals surface area (Å²) in [7, 11) is 0. The molecule has 1 heterocycles. The number of carbonyl (C=O) groups is 2. The van der Waals surface area contributed by atoms with E-state index in [4.69, 9.17) is 0 Å². The van der Waals surface area contributed by atoms with Crippen molar-refractivity contribution in [3.05, 3.63) is 65.9 Å². The van der Waals surface area contributed by atoms with Crippen LogP contribution >= 0.6 is 0 Å². The summed E-state index contributed by atoms with van der Waals surface area (Å²) >= 11 is 0. The first-order chi connectivity index (χ1) is 13.5. The summed E-state index contributed by atoms with van der Waals surface area (Å²) < 4.78 is 0. The molecule has 0 radical (unpaired) electrons. The SMILES string of the molecule is CCCN(CCC)C(=O)c1cc(C(=O)O)cc(-c2cccc3cccnc23)c1. The lowest BCUT2D eigenvalue weighted by Crippen LogP contribution is -2.32. The standard InChI is InChI=1S/C23H24N2O3/c1-3-11-25(12-4-2)22(26)18-13-17(14-19(15-18)23(27)28)20-9-5-7-16-8-6-10-24-21(16)20/h5-10,13-15H,3-4,11-12H2,1-2H3,(H,27,28). The highest BCUT2D eigenvalue weighted by Gasteiger charge is 2.18. The minimum absolute atomic E-state index is 0.0988. The molecule has 28 heavy (non-hydrogen) atoms. The fourth-order valence-corrected chi connectivity index (χ4v) is 3.40. The Bertz CT molecular complexity index is 1000. The Morgan fingerprint density at radius 2 is 1.64 bits per heavy atom. The van der Waals surface area contributed by atoms with Gasteiger partial charge in [-0.05, 0) is 42.7 Å². The fraction of sp³-hybridized carbons (Fsp3) is 0.261. The van der Waals surface area contributed by atoms with E-state index in [0.29, 0.717) is 24.2 Å². The van der Waals surface area contributed by atoms with Gasteiger partial charge < -0.3 is 10.0 Å². The van der Waals surface area contributed by atoms with E-state index < -0.39 is 5.97 Å². The maximum Gasteiger partial charge on any atom is 0.335 e. The van der Waals surface area contributed by atoms with Crippen LogP contribution in [0.5, 0.6) is 0 Å². The van der Waals surface area contributed by atoms with E-state index in [2.05, 4.69) is 4.98 Å². The fourth-order valence-electron chi connectivity index (χ4n) is 3.40. The summed E-state index contributed by atoms with van der Waals surface area (Å²) in [6, 6.07) is 14.4. The number of rotatable bonds is 7. The number of aromatic nitrogens is 1. The van der Waals surface area contributed by atoms with Crippen LogP contribution in [0, 0.1) is 0 Å². The molecular weight excluding hydrogens is 352 g/mol. The van der Waals surface area contributed by atoms with Crippen molar-refractivity contribution in [2.45, 2.75) is 26.7 Å². The maximum absolute atomic E-state index is 13.1. The van der Waals surface area contributed by atoms with Gasteiger partial charge in [0.05, 0.1) is 11.1 Å². The van der Waals surface area contributed by atoms with Crippen molar-refractivity contribution in [2.24, 2.45) is 0 Å². The molecule has 0 unspecified atom stereocenters. The third-order valence-electron chi connectivity index (χ3n) is 4.64. The van der Waals surface area contributed by atoms with Crippen LogP contribution in [0.4, 0.5) is 0 Å². The first kappa shape index (κ1) is 19.5. The first-order valence-electron chi connectivity index (χ1n) is 9.57. The number of carboxylic acids is 1. The van der Waals surface area contributed by atoms with Gasteiger partial charge in [-0.3, -0.25) is 9.78 Å². The predicted octanol–water partition coefficient (Wildman–Crippen LogP) is 4.86. The molecule has 0 fully saturated rings. The quantitative estimate of drug-likeness (QED) is 0.639. The smallest absolute Gasteiger partial charge is 0.335 e. The zero-order valence-corrected chi connectivity index (χ0v) is 16.2. The molecule has 0 bridgehead atoms. The molecule has 1 aromatic heterocycles. The molecule has 0 aliphatic rings. The Hall–Kier alpha value is -3.21. The van der Waals surface area contributed by atoms with Gasteiger partial charge in [0, 0.05) is 35.8 Å². The van der Waals surface area contributed by atoms with Gasteiger partial charge in [0.25, 0.3) is 5.91 Å². The van der Waals surface area contributed by atoms with Crippen molar-refractivity contribution in [3.8, 4) is 11.1 Å². The molecule has 0 aliphatic heterocycles. The van der Waals surface area contributed by atoms with Crippen LogP contribution in [0.25, 0.3) is 22.0 Å². The van der Waals surface area contributed by atoms with Gasteiger partial charge in [-0.1, -0.05) is 38.1 Å². The van der Waals surface area contributed by atoms with Crippen LogP contribution < -0.4 is 0 Å². The number of carboxylic acid groups (broad SMARTS) is 1. The number of aromatic carboxylic acids is 1. The Morgan fingerprint density at radius 1 is 0.964 bits per heavy atom. The highest BCUT2D eigenvalue weighted by molar-refractivity contribution is 6.01. The molecule has 5 nitrogen and oxygen atoms in total. The van der Waals surface area contributed by atoms with Crippen molar-refractivity contribution in [1.29, 1.82) is 0 Å². The molecule has 0 saturated carbocycles. The molecule has 144 valence electrons. The number of amides is 1. The number of carbonyl (C=O) groups excluding carboxylic acids is 1. The van der Waals surface area contributed by atoms with Crippen LogP contribution in [0.3, 0.4) is 0 Å². The molecule has 3 rings (SSSR count). The van der Waals surface area contributed by atoms with Gasteiger partial charge in [0.1, 0.15) is 0 Å². The average Bonchev–Trinajstić information content (AvgIpc) is 2.72. The van der Waals surface area contributed by atoms with E-state index in [1.165, 1.54) is 6.07 Å². The third kappa shape index (κ3) is 4.03. The van der Waals surface area contributed by atoms with Crippen molar-refractivity contribution in [2.75, 3.05) is 13.1 Å². The molecule has 0 atom stereocenters. The summed E-state index contributed by atoms with van der Waals surface area (Å²) in [5.74, 6) is -1.19. The van der Waals surface area contributed by atoms with Crippen LogP contribution in [-0.4, -0.2) is 40.0 Å². The van der Waals surface area contributed by atoms with Gasteiger partial charge >= 0.3 is 5.97 Å². The normalized spacial score (nSPS) is 10.8. The molecule has 0 aliphatic carbocycles. The highest BCUT2D eigenvalue weighted by atomic mass is 16.4. The van der Waals surface area contributed by atoms with Crippen LogP contribution in [0.15, 0.2) is 54.7 Å². The summed E-state index contributed by atoms with van der Waals surface area (Å²) in [5, 5.41) is 10.5. The van der Waals surface area contributed by atoms with Gasteiger partial charge in [-0.25, -0.2) is 4.79 Å².